The van der Waals surface area contributed by atoms with Gasteiger partial charge in [0.1, 0.15) is 11.9 Å². The number of rotatable bonds is 3. The lowest BCUT2D eigenvalue weighted by molar-refractivity contribution is -0.120. The molecule has 160 valence electrons. The highest BCUT2D eigenvalue weighted by atomic mass is 19.1. The number of alkyl halides is 1. The minimum absolute atomic E-state index is 0.133. The smallest absolute Gasteiger partial charge is 0.291 e. The predicted molar refractivity (Wildman–Crippen MR) is 109 cm³/mol. The number of benzene rings is 1. The molecule has 10 heteroatoms. The van der Waals surface area contributed by atoms with Crippen molar-refractivity contribution in [2.45, 2.75) is 44.6 Å². The minimum Gasteiger partial charge on any atom is -0.337 e. The molecule has 9 nitrogen and oxygen atoms in total. The van der Waals surface area contributed by atoms with Gasteiger partial charge in [0.2, 0.25) is 5.82 Å². The van der Waals surface area contributed by atoms with Gasteiger partial charge >= 0.3 is 0 Å². The van der Waals surface area contributed by atoms with Crippen LogP contribution in [0.3, 0.4) is 0 Å². The third kappa shape index (κ3) is 3.28. The van der Waals surface area contributed by atoms with Crippen molar-refractivity contribution in [3.8, 4) is 0 Å². The molecule has 4 heterocycles. The summed E-state index contributed by atoms with van der Waals surface area (Å²) in [5, 5.41) is 11.4. The van der Waals surface area contributed by atoms with Gasteiger partial charge in [-0.25, -0.2) is 18.7 Å². The van der Waals surface area contributed by atoms with Crippen molar-refractivity contribution in [1.29, 1.82) is 0 Å². The van der Waals surface area contributed by atoms with Crippen LogP contribution in [0, 0.1) is 6.92 Å². The predicted octanol–water partition coefficient (Wildman–Crippen LogP) is 1.95. The number of fused-ring (bicyclic) bond motifs is 2. The number of halogens is 1. The number of likely N-dealkylation sites (N-methyl/N-ethyl adjacent to an activating group) is 1. The summed E-state index contributed by atoms with van der Waals surface area (Å²) in [5.74, 6) is -0.150. The van der Waals surface area contributed by atoms with Crippen molar-refractivity contribution < 1.29 is 14.0 Å². The van der Waals surface area contributed by atoms with E-state index < -0.39 is 18.1 Å². The second kappa shape index (κ2) is 7.29. The molecule has 0 saturated carbocycles. The van der Waals surface area contributed by atoms with Gasteiger partial charge in [-0.15, -0.1) is 5.10 Å². The van der Waals surface area contributed by atoms with E-state index in [2.05, 4.69) is 20.5 Å². The van der Waals surface area contributed by atoms with E-state index in [0.717, 1.165) is 11.3 Å². The molecule has 0 aliphatic carbocycles. The Morgan fingerprint density at radius 3 is 2.77 bits per heavy atom. The molecular formula is C21H22FN7O2. The third-order valence-electron chi connectivity index (χ3n) is 5.84. The summed E-state index contributed by atoms with van der Waals surface area (Å²) in [5.41, 5.74) is 1.73. The zero-order chi connectivity index (χ0) is 21.7. The Bertz CT molecular complexity index is 1160. The van der Waals surface area contributed by atoms with Gasteiger partial charge in [-0.1, -0.05) is 30.3 Å². The lowest BCUT2D eigenvalue weighted by atomic mass is 10.0. The zero-order valence-electron chi connectivity index (χ0n) is 17.2. The van der Waals surface area contributed by atoms with E-state index in [1.807, 2.05) is 43.3 Å². The van der Waals surface area contributed by atoms with Gasteiger partial charge in [0.25, 0.3) is 11.8 Å². The molecule has 5 rings (SSSR count). The Morgan fingerprint density at radius 2 is 2.00 bits per heavy atom. The van der Waals surface area contributed by atoms with E-state index >= 15 is 0 Å². The molecule has 3 atom stereocenters. The average molecular weight is 423 g/mol. The second-order valence-corrected chi connectivity index (χ2v) is 7.95. The first-order valence-corrected chi connectivity index (χ1v) is 10.2. The fraction of sp³-hybridized carbons (Fsp3) is 0.381. The van der Waals surface area contributed by atoms with Crippen molar-refractivity contribution in [2.24, 2.45) is 0 Å². The Labute approximate surface area is 177 Å². The molecular weight excluding hydrogens is 401 g/mol. The van der Waals surface area contributed by atoms with E-state index in [9.17, 15) is 14.0 Å². The maximum absolute atomic E-state index is 14.6. The van der Waals surface area contributed by atoms with Gasteiger partial charge in [-0.3, -0.25) is 14.5 Å². The molecule has 1 aromatic carbocycles. The summed E-state index contributed by atoms with van der Waals surface area (Å²) in [4.78, 5) is 31.3. The van der Waals surface area contributed by atoms with E-state index in [4.69, 9.17) is 0 Å². The first kappa shape index (κ1) is 19.4. The SMILES string of the molecule is Cc1cc2n(n1)CCC(NC(=O)c1nc3n(n1)[C@H](c1ccccc1)C[C@@H]3F)C(=O)N2C. The molecule has 1 N–H and O–H groups in total. The average Bonchev–Trinajstić information content (AvgIpc) is 3.43. The highest BCUT2D eigenvalue weighted by Gasteiger charge is 2.37. The standard InChI is InChI=1S/C21H22FN7O2/c1-12-10-17-27(2)21(31)15(8-9-28(17)25-12)23-20(30)18-24-19-14(22)11-16(29(19)26-18)13-6-4-3-5-7-13/h3-7,10,14-16H,8-9,11H2,1-2H3,(H,23,30)/t14-,15?,16-/m0/s1. The number of hydrogen-bond acceptors (Lipinski definition) is 5. The van der Waals surface area contributed by atoms with Crippen LogP contribution in [-0.4, -0.2) is 49.4 Å². The summed E-state index contributed by atoms with van der Waals surface area (Å²) < 4.78 is 17.8. The lowest BCUT2D eigenvalue weighted by Gasteiger charge is -2.20. The van der Waals surface area contributed by atoms with Crippen LogP contribution >= 0.6 is 0 Å². The lowest BCUT2D eigenvalue weighted by Crippen LogP contribution is -2.47. The Kier molecular flexibility index (Phi) is 4.57. The van der Waals surface area contributed by atoms with E-state index in [-0.39, 0.29) is 30.0 Å². The number of nitrogens with one attached hydrogen (secondary N) is 1. The fourth-order valence-electron chi connectivity index (χ4n) is 4.27. The highest BCUT2D eigenvalue weighted by molar-refractivity contribution is 6.00. The van der Waals surface area contributed by atoms with Crippen LogP contribution in [-0.2, 0) is 11.3 Å². The largest absolute Gasteiger partial charge is 0.337 e. The van der Waals surface area contributed by atoms with Gasteiger partial charge in [-0.2, -0.15) is 5.10 Å². The second-order valence-electron chi connectivity index (χ2n) is 7.95. The molecule has 2 aliphatic rings. The number of aryl methyl sites for hydroxylation is 2. The Hall–Kier alpha value is -3.56. The van der Waals surface area contributed by atoms with Gasteiger partial charge < -0.3 is 5.32 Å². The van der Waals surface area contributed by atoms with Crippen LogP contribution in [0.1, 0.15) is 52.8 Å². The fourth-order valence-corrected chi connectivity index (χ4v) is 4.27. The summed E-state index contributed by atoms with van der Waals surface area (Å²) >= 11 is 0. The molecule has 2 amide bonds. The molecule has 0 spiro atoms. The first-order valence-electron chi connectivity index (χ1n) is 10.2. The highest BCUT2D eigenvalue weighted by Crippen LogP contribution is 2.39. The molecule has 1 unspecified atom stereocenters. The van der Waals surface area contributed by atoms with Gasteiger partial charge in [-0.05, 0) is 18.9 Å². The van der Waals surface area contributed by atoms with Crippen LogP contribution < -0.4 is 10.2 Å². The third-order valence-corrected chi connectivity index (χ3v) is 5.84. The molecule has 0 fully saturated rings. The van der Waals surface area contributed by atoms with Crippen molar-refractivity contribution >= 4 is 17.6 Å². The van der Waals surface area contributed by atoms with Crippen molar-refractivity contribution in [3.63, 3.8) is 0 Å². The van der Waals surface area contributed by atoms with Crippen LogP contribution in [0.4, 0.5) is 10.2 Å². The van der Waals surface area contributed by atoms with Crippen molar-refractivity contribution in [3.05, 3.63) is 59.3 Å². The normalized spacial score (nSPS) is 22.7. The van der Waals surface area contributed by atoms with Gasteiger partial charge in [0, 0.05) is 26.1 Å². The van der Waals surface area contributed by atoms with Crippen molar-refractivity contribution in [1.82, 2.24) is 29.9 Å². The van der Waals surface area contributed by atoms with Gasteiger partial charge in [0.05, 0.1) is 11.7 Å². The monoisotopic (exact) mass is 423 g/mol. The molecule has 0 radical (unpaired) electrons. The Balaban J connectivity index is 1.36. The zero-order valence-corrected chi connectivity index (χ0v) is 17.2. The summed E-state index contributed by atoms with van der Waals surface area (Å²) in [6.45, 7) is 2.35. The van der Waals surface area contributed by atoms with Crippen LogP contribution in [0.25, 0.3) is 0 Å². The molecule has 2 aromatic heterocycles. The van der Waals surface area contributed by atoms with Crippen molar-refractivity contribution in [2.75, 3.05) is 11.9 Å². The molecule has 0 saturated heterocycles. The minimum atomic E-state index is -1.30. The van der Waals surface area contributed by atoms with E-state index in [1.165, 1.54) is 9.58 Å². The molecule has 0 bridgehead atoms. The summed E-state index contributed by atoms with van der Waals surface area (Å²) in [7, 11) is 1.65. The van der Waals surface area contributed by atoms with Crippen LogP contribution in [0.15, 0.2) is 36.4 Å². The maximum atomic E-state index is 14.6. The van der Waals surface area contributed by atoms with E-state index in [1.54, 1.807) is 11.7 Å². The number of carbonyl (C=O) groups excluding carboxylic acids is 2. The molecule has 31 heavy (non-hydrogen) atoms. The summed E-state index contributed by atoms with van der Waals surface area (Å²) in [6.07, 6.45) is -0.683. The number of aromatic nitrogens is 5. The maximum Gasteiger partial charge on any atom is 0.291 e. The molecule has 2 aliphatic heterocycles. The van der Waals surface area contributed by atoms with Crippen LogP contribution in [0.5, 0.6) is 0 Å². The van der Waals surface area contributed by atoms with E-state index in [0.29, 0.717) is 18.8 Å². The van der Waals surface area contributed by atoms with Crippen LogP contribution in [0.2, 0.25) is 0 Å². The molecule has 3 aromatic rings. The number of carbonyl (C=O) groups is 2. The Morgan fingerprint density at radius 1 is 1.23 bits per heavy atom. The summed E-state index contributed by atoms with van der Waals surface area (Å²) in [6, 6.07) is 10.2. The number of amides is 2. The number of hydrogen-bond donors (Lipinski definition) is 1. The number of nitrogens with zero attached hydrogens (tertiary/aromatic N) is 6. The first-order chi connectivity index (χ1) is 14.9. The topological polar surface area (TPSA) is 97.9 Å². The van der Waals surface area contributed by atoms with Gasteiger partial charge in [0.15, 0.2) is 12.0 Å². The quantitative estimate of drug-likeness (QED) is 0.694. The number of anilines is 1.